The van der Waals surface area contributed by atoms with Crippen molar-refractivity contribution in [3.05, 3.63) is 71.3 Å². The molecule has 0 aliphatic rings. The summed E-state index contributed by atoms with van der Waals surface area (Å²) in [5, 5.41) is 0. The van der Waals surface area contributed by atoms with Crippen LogP contribution in [-0.2, 0) is 6.54 Å². The van der Waals surface area contributed by atoms with Crippen LogP contribution in [0.3, 0.4) is 0 Å². The van der Waals surface area contributed by atoms with Crippen LogP contribution in [0, 0.1) is 6.92 Å². The predicted molar refractivity (Wildman–Crippen MR) is 80.3 cm³/mol. The van der Waals surface area contributed by atoms with Gasteiger partial charge in [-0.2, -0.15) is 0 Å². The van der Waals surface area contributed by atoms with Crippen molar-refractivity contribution in [2.45, 2.75) is 27.3 Å². The van der Waals surface area contributed by atoms with Gasteiger partial charge in [0.2, 0.25) is 0 Å². The Morgan fingerprint density at radius 3 is 2.17 bits per heavy atom. The fourth-order valence-electron chi connectivity index (χ4n) is 1.56. The van der Waals surface area contributed by atoms with Gasteiger partial charge in [-0.1, -0.05) is 68.4 Å². The van der Waals surface area contributed by atoms with Crippen LogP contribution >= 0.6 is 0 Å². The molecule has 0 saturated heterocycles. The summed E-state index contributed by atoms with van der Waals surface area (Å²) in [6.07, 6.45) is 1.95. The molecule has 0 saturated carbocycles. The van der Waals surface area contributed by atoms with Crippen LogP contribution in [0.4, 0.5) is 0 Å². The molecular weight excluding hydrogens is 218 g/mol. The fourth-order valence-corrected chi connectivity index (χ4v) is 1.56. The lowest BCUT2D eigenvalue weighted by Gasteiger charge is -1.98. The maximum absolute atomic E-state index is 4.45. The van der Waals surface area contributed by atoms with Crippen molar-refractivity contribution in [2.75, 3.05) is 0 Å². The van der Waals surface area contributed by atoms with Gasteiger partial charge in [-0.15, -0.1) is 0 Å². The fraction of sp³-hybridized carbons (Fsp3) is 0.235. The molecule has 0 unspecified atom stereocenters. The lowest BCUT2D eigenvalue weighted by atomic mass is 10.1. The number of aryl methyl sites for hydroxylation is 1. The second-order valence-electron chi connectivity index (χ2n) is 3.81. The molecule has 0 aliphatic heterocycles. The minimum Gasteiger partial charge on any atom is -0.288 e. The summed E-state index contributed by atoms with van der Waals surface area (Å²) in [6.45, 7) is 6.85. The molecular formula is C17H21N. The molecule has 0 atom stereocenters. The molecule has 1 nitrogen and oxygen atoms in total. The van der Waals surface area contributed by atoms with Crippen LogP contribution in [-0.4, -0.2) is 6.21 Å². The van der Waals surface area contributed by atoms with Gasteiger partial charge in [0.1, 0.15) is 0 Å². The summed E-state index contributed by atoms with van der Waals surface area (Å²) in [7, 11) is 0. The smallest absolute Gasteiger partial charge is 0.0639 e. The van der Waals surface area contributed by atoms with Gasteiger partial charge in [0.15, 0.2) is 0 Å². The molecule has 0 N–H and O–H groups in total. The van der Waals surface area contributed by atoms with Crippen LogP contribution in [0.25, 0.3) is 0 Å². The number of nitrogens with zero attached hydrogens (tertiary/aromatic N) is 1. The molecule has 18 heavy (non-hydrogen) atoms. The van der Waals surface area contributed by atoms with Crippen LogP contribution in [0.1, 0.15) is 30.5 Å². The molecule has 0 bridgehead atoms. The molecule has 0 aromatic heterocycles. The molecule has 0 heterocycles. The van der Waals surface area contributed by atoms with Gasteiger partial charge < -0.3 is 0 Å². The minimum atomic E-state index is 0.745. The first-order chi connectivity index (χ1) is 8.86. The van der Waals surface area contributed by atoms with Crippen molar-refractivity contribution < 1.29 is 0 Å². The van der Waals surface area contributed by atoms with E-state index < -0.39 is 0 Å². The molecule has 1 heteroatoms. The Bertz CT molecular complexity index is 472. The molecule has 0 spiro atoms. The molecule has 2 aromatic carbocycles. The Morgan fingerprint density at radius 2 is 1.50 bits per heavy atom. The van der Waals surface area contributed by atoms with E-state index in [4.69, 9.17) is 0 Å². The summed E-state index contributed by atoms with van der Waals surface area (Å²) >= 11 is 0. The average Bonchev–Trinajstić information content (AvgIpc) is 2.44. The van der Waals surface area contributed by atoms with Crippen LogP contribution in [0.5, 0.6) is 0 Å². The zero-order chi connectivity index (χ0) is 13.2. The van der Waals surface area contributed by atoms with E-state index in [0.29, 0.717) is 0 Å². The molecule has 0 amide bonds. The third-order valence-electron chi connectivity index (χ3n) is 2.54. The monoisotopic (exact) mass is 239 g/mol. The lowest BCUT2D eigenvalue weighted by molar-refractivity contribution is 1.08. The summed E-state index contributed by atoms with van der Waals surface area (Å²) in [5.41, 5.74) is 3.70. The van der Waals surface area contributed by atoms with Crippen LogP contribution in [0.15, 0.2) is 59.6 Å². The minimum absolute atomic E-state index is 0.745. The normalized spacial score (nSPS) is 9.94. The maximum atomic E-state index is 4.45. The van der Waals surface area contributed by atoms with Gasteiger partial charge in [0.05, 0.1) is 6.54 Å². The Morgan fingerprint density at radius 1 is 0.889 bits per heavy atom. The summed E-state index contributed by atoms with van der Waals surface area (Å²) in [5.74, 6) is 0. The predicted octanol–water partition coefficient (Wildman–Crippen LogP) is 4.64. The van der Waals surface area contributed by atoms with E-state index in [-0.39, 0.29) is 0 Å². The summed E-state index contributed by atoms with van der Waals surface area (Å²) in [4.78, 5) is 4.45. The van der Waals surface area contributed by atoms with E-state index in [9.17, 15) is 0 Å². The Hall–Kier alpha value is -1.89. The molecule has 0 radical (unpaired) electrons. The van der Waals surface area contributed by atoms with Crippen molar-refractivity contribution >= 4 is 6.21 Å². The van der Waals surface area contributed by atoms with Gasteiger partial charge >= 0.3 is 0 Å². The number of rotatable bonds is 3. The van der Waals surface area contributed by atoms with Crippen molar-refractivity contribution in [3.63, 3.8) is 0 Å². The number of hydrogen-bond donors (Lipinski definition) is 0. The molecule has 94 valence electrons. The van der Waals surface area contributed by atoms with Crippen LogP contribution < -0.4 is 0 Å². The highest BCUT2D eigenvalue weighted by atomic mass is 14.7. The number of hydrogen-bond acceptors (Lipinski definition) is 1. The number of benzene rings is 2. The quantitative estimate of drug-likeness (QED) is 0.692. The van der Waals surface area contributed by atoms with Gasteiger partial charge in [0.25, 0.3) is 0 Å². The average molecular weight is 239 g/mol. The Labute approximate surface area is 110 Å². The van der Waals surface area contributed by atoms with Gasteiger partial charge in [-0.3, -0.25) is 4.99 Å². The first-order valence-corrected chi connectivity index (χ1v) is 6.45. The molecule has 0 fully saturated rings. The van der Waals surface area contributed by atoms with Crippen molar-refractivity contribution in [2.24, 2.45) is 4.99 Å². The van der Waals surface area contributed by atoms with Crippen LogP contribution in [0.2, 0.25) is 0 Å². The van der Waals surface area contributed by atoms with Gasteiger partial charge in [-0.25, -0.2) is 0 Å². The lowest BCUT2D eigenvalue weighted by Crippen LogP contribution is -1.87. The van der Waals surface area contributed by atoms with E-state index in [0.717, 1.165) is 6.54 Å². The third kappa shape index (κ3) is 4.54. The second-order valence-corrected chi connectivity index (χ2v) is 3.81. The van der Waals surface area contributed by atoms with Crippen molar-refractivity contribution in [1.29, 1.82) is 0 Å². The Kier molecular flexibility index (Phi) is 6.49. The molecule has 2 rings (SSSR count). The summed E-state index contributed by atoms with van der Waals surface area (Å²) in [6, 6.07) is 18.6. The highest BCUT2D eigenvalue weighted by molar-refractivity contribution is 5.81. The number of aliphatic imine (C=N–C) groups is 1. The van der Waals surface area contributed by atoms with E-state index in [1.165, 1.54) is 16.7 Å². The maximum Gasteiger partial charge on any atom is 0.0639 e. The van der Waals surface area contributed by atoms with Crippen molar-refractivity contribution in [3.8, 4) is 0 Å². The summed E-state index contributed by atoms with van der Waals surface area (Å²) < 4.78 is 0. The van der Waals surface area contributed by atoms with E-state index >= 15 is 0 Å². The first-order valence-electron chi connectivity index (χ1n) is 6.45. The van der Waals surface area contributed by atoms with E-state index in [1.807, 2.05) is 50.4 Å². The largest absolute Gasteiger partial charge is 0.288 e. The third-order valence-corrected chi connectivity index (χ3v) is 2.54. The Balaban J connectivity index is 0.000000771. The zero-order valence-corrected chi connectivity index (χ0v) is 11.4. The van der Waals surface area contributed by atoms with Crippen molar-refractivity contribution in [1.82, 2.24) is 0 Å². The van der Waals surface area contributed by atoms with E-state index in [1.54, 1.807) is 0 Å². The first kappa shape index (κ1) is 14.2. The SMILES string of the molecule is CC.Cc1ccccc1C=NCc1ccccc1. The molecule has 2 aromatic rings. The van der Waals surface area contributed by atoms with Gasteiger partial charge in [-0.05, 0) is 23.6 Å². The standard InChI is InChI=1S/C15H15N.C2H6/c1-13-7-5-6-10-15(13)12-16-11-14-8-3-2-4-9-14;1-2/h2-10,12H,11H2,1H3;1-2H3. The molecule has 0 aliphatic carbocycles. The highest BCUT2D eigenvalue weighted by Gasteiger charge is 1.91. The van der Waals surface area contributed by atoms with Gasteiger partial charge in [0, 0.05) is 6.21 Å². The topological polar surface area (TPSA) is 12.4 Å². The highest BCUT2D eigenvalue weighted by Crippen LogP contribution is 2.05. The van der Waals surface area contributed by atoms with E-state index in [2.05, 4.69) is 36.2 Å². The zero-order valence-electron chi connectivity index (χ0n) is 11.4. The second kappa shape index (κ2) is 8.24.